The molecule has 0 saturated heterocycles. The fraction of sp³-hybridized carbons (Fsp3) is 0.571. The summed E-state index contributed by atoms with van der Waals surface area (Å²) >= 11 is 0. The number of aliphatic hydroxyl groups is 1. The molecule has 1 aromatic carbocycles. The maximum Gasteiger partial charge on any atom is 0.0490 e. The fourth-order valence-corrected chi connectivity index (χ4v) is 2.02. The summed E-state index contributed by atoms with van der Waals surface area (Å²) in [5.74, 6) is 0.603. The van der Waals surface area contributed by atoms with E-state index in [-0.39, 0.29) is 5.41 Å². The van der Waals surface area contributed by atoms with Crippen LogP contribution in [-0.4, -0.2) is 11.7 Å². The summed E-state index contributed by atoms with van der Waals surface area (Å²) < 4.78 is 0. The van der Waals surface area contributed by atoms with Gasteiger partial charge in [-0.1, -0.05) is 38.1 Å². The average Bonchev–Trinajstić information content (AvgIpc) is 2.99. The quantitative estimate of drug-likeness (QED) is 0.799. The van der Waals surface area contributed by atoms with Crippen LogP contribution in [0.4, 0.5) is 0 Å². The van der Waals surface area contributed by atoms with E-state index in [1.807, 2.05) is 0 Å². The molecule has 2 rings (SSSR count). The second-order valence-corrected chi connectivity index (χ2v) is 5.23. The molecule has 1 saturated carbocycles. The van der Waals surface area contributed by atoms with E-state index in [0.717, 1.165) is 6.42 Å². The van der Waals surface area contributed by atoms with Gasteiger partial charge in [0.2, 0.25) is 0 Å². The lowest BCUT2D eigenvalue weighted by atomic mass is 9.95. The Kier molecular flexibility index (Phi) is 2.83. The second kappa shape index (κ2) is 3.97. The van der Waals surface area contributed by atoms with Crippen molar-refractivity contribution >= 4 is 0 Å². The summed E-state index contributed by atoms with van der Waals surface area (Å²) in [5.41, 5.74) is 3.00. The lowest BCUT2D eigenvalue weighted by Crippen LogP contribution is -2.09. The lowest BCUT2D eigenvalue weighted by molar-refractivity contribution is 0.211. The third-order valence-electron chi connectivity index (χ3n) is 3.52. The molecule has 0 unspecified atom stereocenters. The van der Waals surface area contributed by atoms with E-state index in [2.05, 4.69) is 38.1 Å². The van der Waals surface area contributed by atoms with Crippen LogP contribution in [0.15, 0.2) is 24.3 Å². The van der Waals surface area contributed by atoms with E-state index >= 15 is 0 Å². The van der Waals surface area contributed by atoms with Gasteiger partial charge in [-0.15, -0.1) is 0 Å². The Morgan fingerprint density at radius 1 is 1.20 bits per heavy atom. The molecule has 1 nitrogen and oxygen atoms in total. The van der Waals surface area contributed by atoms with E-state index in [9.17, 15) is 5.11 Å². The number of rotatable bonds is 4. The smallest absolute Gasteiger partial charge is 0.0490 e. The van der Waals surface area contributed by atoms with E-state index in [0.29, 0.717) is 12.5 Å². The largest absolute Gasteiger partial charge is 0.396 e. The Balaban J connectivity index is 2.04. The normalized spacial score (nSPS) is 18.1. The molecule has 0 spiro atoms. The van der Waals surface area contributed by atoms with Crippen LogP contribution in [0.25, 0.3) is 0 Å². The number of hydrogen-bond donors (Lipinski definition) is 1. The standard InChI is InChI=1S/C14H20O/c1-11(2)13-5-3-12(4-6-13)9-14(10-15)7-8-14/h3-6,11,15H,7-10H2,1-2H3. The van der Waals surface area contributed by atoms with E-state index in [4.69, 9.17) is 0 Å². The minimum atomic E-state index is 0.235. The Morgan fingerprint density at radius 3 is 2.20 bits per heavy atom. The molecule has 0 aromatic heterocycles. The van der Waals surface area contributed by atoms with Gasteiger partial charge in [0.15, 0.2) is 0 Å². The van der Waals surface area contributed by atoms with Gasteiger partial charge in [-0.3, -0.25) is 0 Å². The summed E-state index contributed by atoms with van der Waals surface area (Å²) in [6.07, 6.45) is 3.42. The number of aliphatic hydroxyl groups excluding tert-OH is 1. The molecular formula is C14H20O. The van der Waals surface area contributed by atoms with Crippen LogP contribution in [0, 0.1) is 5.41 Å². The van der Waals surface area contributed by atoms with Crippen molar-refractivity contribution < 1.29 is 5.11 Å². The zero-order valence-electron chi connectivity index (χ0n) is 9.66. The molecule has 0 amide bonds. The topological polar surface area (TPSA) is 20.2 Å². The molecule has 1 fully saturated rings. The van der Waals surface area contributed by atoms with Gasteiger partial charge in [0.25, 0.3) is 0 Å². The molecule has 82 valence electrons. The van der Waals surface area contributed by atoms with Gasteiger partial charge < -0.3 is 5.11 Å². The Hall–Kier alpha value is -0.820. The first kappa shape index (κ1) is 10.7. The zero-order valence-corrected chi connectivity index (χ0v) is 9.66. The Labute approximate surface area is 92.1 Å². The van der Waals surface area contributed by atoms with Crippen LogP contribution >= 0.6 is 0 Å². The first-order chi connectivity index (χ1) is 7.15. The van der Waals surface area contributed by atoms with Gasteiger partial charge in [-0.2, -0.15) is 0 Å². The van der Waals surface area contributed by atoms with Crippen molar-refractivity contribution in [3.05, 3.63) is 35.4 Å². The van der Waals surface area contributed by atoms with Crippen molar-refractivity contribution in [1.82, 2.24) is 0 Å². The van der Waals surface area contributed by atoms with Crippen LogP contribution in [0.3, 0.4) is 0 Å². The SMILES string of the molecule is CC(C)c1ccc(CC2(CO)CC2)cc1. The monoisotopic (exact) mass is 204 g/mol. The van der Waals surface area contributed by atoms with Crippen molar-refractivity contribution in [2.45, 2.75) is 39.0 Å². The summed E-state index contributed by atoms with van der Waals surface area (Å²) in [7, 11) is 0. The predicted molar refractivity (Wildman–Crippen MR) is 63.0 cm³/mol. The molecule has 0 aliphatic heterocycles. The van der Waals surface area contributed by atoms with Crippen molar-refractivity contribution in [2.24, 2.45) is 5.41 Å². The van der Waals surface area contributed by atoms with Crippen molar-refractivity contribution in [2.75, 3.05) is 6.61 Å². The van der Waals surface area contributed by atoms with Gasteiger partial charge in [0, 0.05) is 6.61 Å². The van der Waals surface area contributed by atoms with Gasteiger partial charge in [-0.05, 0) is 41.7 Å². The molecule has 15 heavy (non-hydrogen) atoms. The molecular weight excluding hydrogens is 184 g/mol. The minimum Gasteiger partial charge on any atom is -0.396 e. The Bertz CT molecular complexity index is 320. The number of hydrogen-bond acceptors (Lipinski definition) is 1. The van der Waals surface area contributed by atoms with Gasteiger partial charge in [0.1, 0.15) is 0 Å². The molecule has 1 aliphatic rings. The maximum atomic E-state index is 9.26. The summed E-state index contributed by atoms with van der Waals surface area (Å²) in [6.45, 7) is 4.77. The molecule has 1 aliphatic carbocycles. The Morgan fingerprint density at radius 2 is 1.80 bits per heavy atom. The highest BCUT2D eigenvalue weighted by molar-refractivity contribution is 5.26. The van der Waals surface area contributed by atoms with Crippen LogP contribution < -0.4 is 0 Å². The van der Waals surface area contributed by atoms with Crippen molar-refractivity contribution in [1.29, 1.82) is 0 Å². The third kappa shape index (κ3) is 2.40. The summed E-state index contributed by atoms with van der Waals surface area (Å²) in [6, 6.07) is 8.86. The van der Waals surface area contributed by atoms with Crippen LogP contribution in [0.1, 0.15) is 43.7 Å². The van der Waals surface area contributed by atoms with Gasteiger partial charge in [-0.25, -0.2) is 0 Å². The van der Waals surface area contributed by atoms with Crippen LogP contribution in [0.5, 0.6) is 0 Å². The van der Waals surface area contributed by atoms with Gasteiger partial charge in [0.05, 0.1) is 0 Å². The molecule has 0 radical (unpaired) electrons. The highest BCUT2D eigenvalue weighted by Gasteiger charge is 2.41. The molecule has 1 N–H and O–H groups in total. The number of benzene rings is 1. The minimum absolute atomic E-state index is 0.235. The molecule has 1 aromatic rings. The molecule has 0 bridgehead atoms. The summed E-state index contributed by atoms with van der Waals surface area (Å²) in [5, 5.41) is 9.26. The third-order valence-corrected chi connectivity index (χ3v) is 3.52. The van der Waals surface area contributed by atoms with Crippen molar-refractivity contribution in [3.63, 3.8) is 0 Å². The zero-order chi connectivity index (χ0) is 10.9. The fourth-order valence-electron chi connectivity index (χ4n) is 2.02. The van der Waals surface area contributed by atoms with E-state index in [1.54, 1.807) is 0 Å². The highest BCUT2D eigenvalue weighted by Crippen LogP contribution is 2.47. The summed E-state index contributed by atoms with van der Waals surface area (Å²) in [4.78, 5) is 0. The first-order valence-corrected chi connectivity index (χ1v) is 5.85. The molecule has 0 heterocycles. The van der Waals surface area contributed by atoms with Crippen LogP contribution in [0.2, 0.25) is 0 Å². The van der Waals surface area contributed by atoms with Gasteiger partial charge >= 0.3 is 0 Å². The molecule has 0 atom stereocenters. The average molecular weight is 204 g/mol. The van der Waals surface area contributed by atoms with E-state index < -0.39 is 0 Å². The van der Waals surface area contributed by atoms with Crippen molar-refractivity contribution in [3.8, 4) is 0 Å². The predicted octanol–water partition coefficient (Wildman–Crippen LogP) is 3.13. The van der Waals surface area contributed by atoms with Crippen LogP contribution in [-0.2, 0) is 6.42 Å². The lowest BCUT2D eigenvalue weighted by Gasteiger charge is -2.12. The highest BCUT2D eigenvalue weighted by atomic mass is 16.3. The first-order valence-electron chi connectivity index (χ1n) is 5.85. The maximum absolute atomic E-state index is 9.26. The van der Waals surface area contributed by atoms with E-state index in [1.165, 1.54) is 24.0 Å². The second-order valence-electron chi connectivity index (χ2n) is 5.23. The molecule has 1 heteroatoms.